The summed E-state index contributed by atoms with van der Waals surface area (Å²) in [6.07, 6.45) is 5.49. The third kappa shape index (κ3) is 3.24. The highest BCUT2D eigenvalue weighted by atomic mass is 35.5. The van der Waals surface area contributed by atoms with E-state index >= 15 is 0 Å². The van der Waals surface area contributed by atoms with Gasteiger partial charge in [0.15, 0.2) is 0 Å². The van der Waals surface area contributed by atoms with Crippen LogP contribution < -0.4 is 0 Å². The summed E-state index contributed by atoms with van der Waals surface area (Å²) in [5.74, 6) is -0.243. The minimum Gasteiger partial charge on any atom is -0.260 e. The molecule has 0 N–H and O–H groups in total. The standard InChI is InChI=1S/C12H16ClFN2O2S/c13-5-2-6-16(11-3-1-4-11)19(17,18)12-7-10(14)8-15-9-12/h7-9,11H,1-6H2. The molecule has 0 radical (unpaired) electrons. The quantitative estimate of drug-likeness (QED) is 0.758. The lowest BCUT2D eigenvalue weighted by Gasteiger charge is -2.36. The average molecular weight is 307 g/mol. The minimum atomic E-state index is -3.68. The molecule has 0 aromatic carbocycles. The molecule has 1 aromatic heterocycles. The van der Waals surface area contributed by atoms with Gasteiger partial charge in [0.2, 0.25) is 10.0 Å². The molecule has 0 unspecified atom stereocenters. The maximum absolute atomic E-state index is 13.1. The van der Waals surface area contributed by atoms with Gasteiger partial charge >= 0.3 is 0 Å². The molecule has 1 saturated carbocycles. The molecule has 1 fully saturated rings. The maximum Gasteiger partial charge on any atom is 0.244 e. The minimum absolute atomic E-state index is 0.0106. The van der Waals surface area contributed by atoms with Crippen molar-refractivity contribution in [2.45, 2.75) is 36.6 Å². The fourth-order valence-corrected chi connectivity index (χ4v) is 3.88. The Morgan fingerprint density at radius 1 is 1.42 bits per heavy atom. The Morgan fingerprint density at radius 2 is 2.16 bits per heavy atom. The summed E-state index contributed by atoms with van der Waals surface area (Å²) in [5, 5.41) is 0. The van der Waals surface area contributed by atoms with Gasteiger partial charge in [-0.15, -0.1) is 11.6 Å². The predicted octanol–water partition coefficient (Wildman–Crippen LogP) is 2.39. The van der Waals surface area contributed by atoms with Gasteiger partial charge in [0.25, 0.3) is 0 Å². The summed E-state index contributed by atoms with van der Waals surface area (Å²) in [7, 11) is -3.68. The second-order valence-corrected chi connectivity index (χ2v) is 6.85. The summed E-state index contributed by atoms with van der Waals surface area (Å²) in [4.78, 5) is 3.52. The number of alkyl halides is 1. The van der Waals surface area contributed by atoms with Crippen LogP contribution >= 0.6 is 11.6 Å². The van der Waals surface area contributed by atoms with Crippen LogP contribution in [0.3, 0.4) is 0 Å². The van der Waals surface area contributed by atoms with Crippen molar-refractivity contribution in [1.29, 1.82) is 0 Å². The van der Waals surface area contributed by atoms with Gasteiger partial charge in [0.05, 0.1) is 6.20 Å². The van der Waals surface area contributed by atoms with Crippen molar-refractivity contribution < 1.29 is 12.8 Å². The van der Waals surface area contributed by atoms with Crippen molar-refractivity contribution in [3.05, 3.63) is 24.3 Å². The van der Waals surface area contributed by atoms with E-state index in [2.05, 4.69) is 4.98 Å². The molecule has 1 aliphatic carbocycles. The van der Waals surface area contributed by atoms with Crippen molar-refractivity contribution in [1.82, 2.24) is 9.29 Å². The third-order valence-corrected chi connectivity index (χ3v) is 5.46. The van der Waals surface area contributed by atoms with Crippen LogP contribution in [0.25, 0.3) is 0 Å². The van der Waals surface area contributed by atoms with Crippen LogP contribution in [-0.2, 0) is 10.0 Å². The van der Waals surface area contributed by atoms with E-state index in [0.29, 0.717) is 18.8 Å². The van der Waals surface area contributed by atoms with Gasteiger partial charge in [-0.3, -0.25) is 4.98 Å². The van der Waals surface area contributed by atoms with Gasteiger partial charge in [-0.25, -0.2) is 12.8 Å². The molecule has 0 atom stereocenters. The van der Waals surface area contributed by atoms with Crippen LogP contribution in [0.5, 0.6) is 0 Å². The van der Waals surface area contributed by atoms with Crippen LogP contribution in [0.2, 0.25) is 0 Å². The second-order valence-electron chi connectivity index (χ2n) is 4.58. The lowest BCUT2D eigenvalue weighted by Crippen LogP contribution is -2.44. The number of hydrogen-bond acceptors (Lipinski definition) is 3. The molecule has 0 bridgehead atoms. The summed E-state index contributed by atoms with van der Waals surface area (Å²) in [6, 6.07) is 1.02. The molecular weight excluding hydrogens is 291 g/mol. The average Bonchev–Trinajstić information content (AvgIpc) is 2.31. The first-order valence-corrected chi connectivity index (χ1v) is 8.21. The molecule has 1 aromatic rings. The highest BCUT2D eigenvalue weighted by molar-refractivity contribution is 7.89. The van der Waals surface area contributed by atoms with Gasteiger partial charge in [-0.05, 0) is 25.3 Å². The Kier molecular flexibility index (Phi) is 4.76. The van der Waals surface area contributed by atoms with E-state index in [1.54, 1.807) is 0 Å². The van der Waals surface area contributed by atoms with Crippen molar-refractivity contribution in [2.75, 3.05) is 12.4 Å². The van der Waals surface area contributed by atoms with Gasteiger partial charge in [-0.2, -0.15) is 4.31 Å². The summed E-state index contributed by atoms with van der Waals surface area (Å²) >= 11 is 5.64. The van der Waals surface area contributed by atoms with E-state index in [4.69, 9.17) is 11.6 Å². The highest BCUT2D eigenvalue weighted by Gasteiger charge is 2.34. The second kappa shape index (κ2) is 6.15. The predicted molar refractivity (Wildman–Crippen MR) is 71.1 cm³/mol. The zero-order valence-electron chi connectivity index (χ0n) is 10.4. The molecule has 106 valence electrons. The number of halogens is 2. The molecule has 0 amide bonds. The molecule has 7 heteroatoms. The molecule has 0 saturated heterocycles. The summed E-state index contributed by atoms with van der Waals surface area (Å²) in [6.45, 7) is 0.368. The van der Waals surface area contributed by atoms with Crippen molar-refractivity contribution >= 4 is 21.6 Å². The topological polar surface area (TPSA) is 50.3 Å². The zero-order chi connectivity index (χ0) is 13.9. The van der Waals surface area contributed by atoms with Gasteiger partial charge in [-0.1, -0.05) is 6.42 Å². The smallest absolute Gasteiger partial charge is 0.244 e. The lowest BCUT2D eigenvalue weighted by atomic mass is 9.93. The Hall–Kier alpha value is -0.720. The Balaban J connectivity index is 2.27. The van der Waals surface area contributed by atoms with Crippen molar-refractivity contribution in [3.8, 4) is 0 Å². The summed E-state index contributed by atoms with van der Waals surface area (Å²) in [5.41, 5.74) is 0. The largest absolute Gasteiger partial charge is 0.260 e. The molecule has 2 rings (SSSR count). The van der Waals surface area contributed by atoms with Crippen LogP contribution in [0.15, 0.2) is 23.4 Å². The van der Waals surface area contributed by atoms with E-state index in [9.17, 15) is 12.8 Å². The molecule has 0 aliphatic heterocycles. The monoisotopic (exact) mass is 306 g/mol. The Bertz CT molecular complexity index is 534. The highest BCUT2D eigenvalue weighted by Crippen LogP contribution is 2.30. The van der Waals surface area contributed by atoms with Crippen LogP contribution in [-0.4, -0.2) is 36.2 Å². The van der Waals surface area contributed by atoms with Crippen LogP contribution in [0, 0.1) is 5.82 Å². The van der Waals surface area contributed by atoms with Gasteiger partial charge < -0.3 is 0 Å². The summed E-state index contributed by atoms with van der Waals surface area (Å²) < 4.78 is 39.6. The Morgan fingerprint density at radius 3 is 2.68 bits per heavy atom. The number of sulfonamides is 1. The Labute approximate surface area is 117 Å². The fourth-order valence-electron chi connectivity index (χ4n) is 2.06. The maximum atomic E-state index is 13.1. The van der Waals surface area contributed by atoms with Crippen molar-refractivity contribution in [3.63, 3.8) is 0 Å². The van der Waals surface area contributed by atoms with Crippen LogP contribution in [0.1, 0.15) is 25.7 Å². The molecule has 0 spiro atoms. The van der Waals surface area contributed by atoms with Crippen LogP contribution in [0.4, 0.5) is 4.39 Å². The normalized spacial score (nSPS) is 16.6. The number of nitrogens with zero attached hydrogens (tertiary/aromatic N) is 2. The molecule has 1 aliphatic rings. The SMILES string of the molecule is O=S(=O)(c1cncc(F)c1)N(CCCCl)C1CCC1. The molecular formula is C12H16ClFN2O2S. The van der Waals surface area contributed by atoms with E-state index in [1.807, 2.05) is 0 Å². The number of pyridine rings is 1. The number of hydrogen-bond donors (Lipinski definition) is 0. The van der Waals surface area contributed by atoms with Crippen molar-refractivity contribution in [2.24, 2.45) is 0 Å². The van der Waals surface area contributed by atoms with E-state index in [0.717, 1.165) is 31.5 Å². The third-order valence-electron chi connectivity index (χ3n) is 3.28. The number of rotatable bonds is 6. The first kappa shape index (κ1) is 14.7. The van der Waals surface area contributed by atoms with Gasteiger partial charge in [0, 0.05) is 24.7 Å². The van der Waals surface area contributed by atoms with Gasteiger partial charge in [0.1, 0.15) is 10.7 Å². The van der Waals surface area contributed by atoms with E-state index in [-0.39, 0.29) is 10.9 Å². The fraction of sp³-hybridized carbons (Fsp3) is 0.583. The molecule has 19 heavy (non-hydrogen) atoms. The first-order chi connectivity index (χ1) is 9.05. The van der Waals surface area contributed by atoms with E-state index < -0.39 is 15.8 Å². The first-order valence-electron chi connectivity index (χ1n) is 6.24. The lowest BCUT2D eigenvalue weighted by molar-refractivity contribution is 0.219. The number of aromatic nitrogens is 1. The zero-order valence-corrected chi connectivity index (χ0v) is 12.0. The molecule has 1 heterocycles. The van der Waals surface area contributed by atoms with E-state index in [1.165, 1.54) is 10.5 Å². The molecule has 4 nitrogen and oxygen atoms in total.